The number of hydrogen-bond acceptors (Lipinski definition) is 4. The van der Waals surface area contributed by atoms with Crippen LogP contribution in [0.25, 0.3) is 6.08 Å². The van der Waals surface area contributed by atoms with E-state index in [0.717, 1.165) is 35.5 Å². The van der Waals surface area contributed by atoms with Gasteiger partial charge in [-0.05, 0) is 36.8 Å². The second-order valence-corrected chi connectivity index (χ2v) is 9.73. The summed E-state index contributed by atoms with van der Waals surface area (Å²) in [5.41, 5.74) is 3.21. The molecule has 3 aromatic rings. The maximum absolute atomic E-state index is 13.4. The summed E-state index contributed by atoms with van der Waals surface area (Å²) < 4.78 is 5.44. The molecule has 0 spiro atoms. The number of benzene rings is 3. The van der Waals surface area contributed by atoms with E-state index in [9.17, 15) is 9.59 Å². The summed E-state index contributed by atoms with van der Waals surface area (Å²) in [7, 11) is 1.65. The molecule has 2 amide bonds. The zero-order chi connectivity index (χ0) is 26.9. The third-order valence-corrected chi connectivity index (χ3v) is 7.20. The number of hydrogen-bond donors (Lipinski definition) is 0. The smallest absolute Gasteiger partial charge is 0.255 e. The molecule has 4 rings (SSSR count). The second-order valence-electron chi connectivity index (χ2n) is 9.32. The average molecular weight is 532 g/mol. The Labute approximate surface area is 230 Å². The Bertz CT molecular complexity index is 1280. The minimum absolute atomic E-state index is 0.0831. The number of carbonyl (C=O) groups is 2. The van der Waals surface area contributed by atoms with Crippen molar-refractivity contribution in [2.24, 2.45) is 0 Å². The number of piperazine rings is 1. The van der Waals surface area contributed by atoms with Gasteiger partial charge in [-0.25, -0.2) is 0 Å². The lowest BCUT2D eigenvalue weighted by Crippen LogP contribution is -2.50. The Kier molecular flexibility index (Phi) is 9.57. The summed E-state index contributed by atoms with van der Waals surface area (Å²) in [6.07, 6.45) is 3.95. The highest BCUT2D eigenvalue weighted by molar-refractivity contribution is 6.33. The van der Waals surface area contributed by atoms with Crippen LogP contribution in [-0.2, 0) is 0 Å². The number of halogens is 1. The summed E-state index contributed by atoms with van der Waals surface area (Å²) in [6.45, 7) is 6.53. The molecular formula is C31H34ClN3O3. The predicted octanol–water partition coefficient (Wildman–Crippen LogP) is 5.27. The fraction of sp³-hybridized carbons (Fsp3) is 0.290. The molecule has 3 aromatic carbocycles. The number of methoxy groups -OCH3 is 1. The fourth-order valence-corrected chi connectivity index (χ4v) is 4.83. The third-order valence-electron chi connectivity index (χ3n) is 6.87. The van der Waals surface area contributed by atoms with Gasteiger partial charge in [0, 0.05) is 56.9 Å². The molecule has 38 heavy (non-hydrogen) atoms. The van der Waals surface area contributed by atoms with Gasteiger partial charge in [-0.15, -0.1) is 0 Å². The van der Waals surface area contributed by atoms with Gasteiger partial charge in [0.2, 0.25) is 0 Å². The fourth-order valence-electron chi connectivity index (χ4n) is 4.61. The van der Waals surface area contributed by atoms with Crippen molar-refractivity contribution in [1.82, 2.24) is 14.7 Å². The molecule has 0 saturated carbocycles. The van der Waals surface area contributed by atoms with E-state index >= 15 is 0 Å². The Balaban J connectivity index is 1.39. The van der Waals surface area contributed by atoms with Crippen molar-refractivity contribution in [3.8, 4) is 5.75 Å². The lowest BCUT2D eigenvalue weighted by atomic mass is 10.1. The molecular weight excluding hydrogens is 498 g/mol. The molecule has 1 aliphatic rings. The van der Waals surface area contributed by atoms with Gasteiger partial charge in [0.05, 0.1) is 17.7 Å². The number of amides is 2. The average Bonchev–Trinajstić information content (AvgIpc) is 2.95. The summed E-state index contributed by atoms with van der Waals surface area (Å²) in [4.78, 5) is 32.5. The number of aryl methyl sites for hydroxylation is 1. The summed E-state index contributed by atoms with van der Waals surface area (Å²) in [5, 5.41) is 0.444. The van der Waals surface area contributed by atoms with E-state index in [1.165, 1.54) is 0 Å². The standard InChI is InChI=1S/C31H34ClN3O3/c1-24-10-3-5-13-26(24)30(36)35-22-19-33(20-23-35)18-21-34(31(37)27-14-6-7-15-28(27)32)17-9-12-25-11-4-8-16-29(25)38-2/h3-16H,17-23H2,1-2H3/b12-9+. The molecule has 0 aliphatic carbocycles. The molecule has 1 fully saturated rings. The van der Waals surface area contributed by atoms with Crippen LogP contribution < -0.4 is 4.74 Å². The normalized spacial score (nSPS) is 14.0. The van der Waals surface area contributed by atoms with Crippen molar-refractivity contribution >= 4 is 29.5 Å². The van der Waals surface area contributed by atoms with Crippen molar-refractivity contribution in [1.29, 1.82) is 0 Å². The summed E-state index contributed by atoms with van der Waals surface area (Å²) in [6, 6.07) is 22.6. The largest absolute Gasteiger partial charge is 0.496 e. The van der Waals surface area contributed by atoms with Crippen LogP contribution in [0, 0.1) is 6.92 Å². The maximum atomic E-state index is 13.4. The SMILES string of the molecule is COc1ccccc1/C=C/CN(CCN1CCN(C(=O)c2ccccc2C)CC1)C(=O)c1ccccc1Cl. The second kappa shape index (κ2) is 13.3. The Morgan fingerprint density at radius 1 is 0.921 bits per heavy atom. The summed E-state index contributed by atoms with van der Waals surface area (Å²) in [5.74, 6) is 0.763. The molecule has 1 saturated heterocycles. The molecule has 0 unspecified atom stereocenters. The first kappa shape index (κ1) is 27.4. The molecule has 7 heteroatoms. The summed E-state index contributed by atoms with van der Waals surface area (Å²) >= 11 is 6.36. The molecule has 1 aliphatic heterocycles. The van der Waals surface area contributed by atoms with Crippen LogP contribution in [0.2, 0.25) is 5.02 Å². The van der Waals surface area contributed by atoms with Gasteiger partial charge in [0.25, 0.3) is 11.8 Å². The van der Waals surface area contributed by atoms with Gasteiger partial charge < -0.3 is 14.5 Å². The first-order valence-electron chi connectivity index (χ1n) is 12.9. The van der Waals surface area contributed by atoms with Crippen molar-refractivity contribution in [3.05, 3.63) is 106 Å². The molecule has 0 bridgehead atoms. The molecule has 198 valence electrons. The van der Waals surface area contributed by atoms with Crippen LogP contribution in [0.15, 0.2) is 78.9 Å². The zero-order valence-corrected chi connectivity index (χ0v) is 22.7. The van der Waals surface area contributed by atoms with Crippen LogP contribution in [-0.4, -0.2) is 79.4 Å². The van der Waals surface area contributed by atoms with Crippen LogP contribution in [0.4, 0.5) is 0 Å². The number of nitrogens with zero attached hydrogens (tertiary/aromatic N) is 3. The van der Waals surface area contributed by atoms with Crippen molar-refractivity contribution < 1.29 is 14.3 Å². The third kappa shape index (κ3) is 6.82. The van der Waals surface area contributed by atoms with Crippen molar-refractivity contribution in [2.45, 2.75) is 6.92 Å². The highest BCUT2D eigenvalue weighted by Crippen LogP contribution is 2.20. The van der Waals surface area contributed by atoms with Crippen LogP contribution in [0.3, 0.4) is 0 Å². The Hall–Kier alpha value is -3.61. The molecule has 0 aromatic heterocycles. The molecule has 0 N–H and O–H groups in total. The molecule has 0 atom stereocenters. The monoisotopic (exact) mass is 531 g/mol. The topological polar surface area (TPSA) is 53.1 Å². The number of carbonyl (C=O) groups excluding carboxylic acids is 2. The first-order chi connectivity index (χ1) is 18.5. The highest BCUT2D eigenvalue weighted by Gasteiger charge is 2.24. The minimum atomic E-state index is -0.103. The van der Waals surface area contributed by atoms with Gasteiger partial charge >= 0.3 is 0 Å². The van der Waals surface area contributed by atoms with Crippen LogP contribution in [0.1, 0.15) is 31.8 Å². The van der Waals surface area contributed by atoms with Gasteiger partial charge in [-0.1, -0.05) is 72.3 Å². The number of ether oxygens (including phenoxy) is 1. The van der Waals surface area contributed by atoms with E-state index in [1.54, 1.807) is 19.2 Å². The van der Waals surface area contributed by atoms with E-state index in [4.69, 9.17) is 16.3 Å². The zero-order valence-electron chi connectivity index (χ0n) is 22.0. The van der Waals surface area contributed by atoms with E-state index in [2.05, 4.69) is 4.90 Å². The highest BCUT2D eigenvalue weighted by atomic mass is 35.5. The van der Waals surface area contributed by atoms with Gasteiger partial charge in [-0.3, -0.25) is 14.5 Å². The minimum Gasteiger partial charge on any atom is -0.496 e. The first-order valence-corrected chi connectivity index (χ1v) is 13.3. The van der Waals surface area contributed by atoms with Crippen LogP contribution in [0.5, 0.6) is 5.75 Å². The molecule has 6 nitrogen and oxygen atoms in total. The maximum Gasteiger partial charge on any atom is 0.255 e. The van der Waals surface area contributed by atoms with Crippen molar-refractivity contribution in [2.75, 3.05) is 52.9 Å². The number of rotatable bonds is 9. The predicted molar refractivity (Wildman–Crippen MR) is 153 cm³/mol. The lowest BCUT2D eigenvalue weighted by molar-refractivity contribution is 0.0609. The van der Waals surface area contributed by atoms with E-state index in [1.807, 2.05) is 89.5 Å². The van der Waals surface area contributed by atoms with E-state index < -0.39 is 0 Å². The molecule has 1 heterocycles. The lowest BCUT2D eigenvalue weighted by Gasteiger charge is -2.36. The molecule has 0 radical (unpaired) electrons. The van der Waals surface area contributed by atoms with Crippen LogP contribution >= 0.6 is 11.6 Å². The van der Waals surface area contributed by atoms with Gasteiger partial charge in [0.1, 0.15) is 5.75 Å². The van der Waals surface area contributed by atoms with Crippen molar-refractivity contribution in [3.63, 3.8) is 0 Å². The van der Waals surface area contributed by atoms with Gasteiger partial charge in [0.15, 0.2) is 0 Å². The Morgan fingerprint density at radius 2 is 1.58 bits per heavy atom. The quantitative estimate of drug-likeness (QED) is 0.377. The van der Waals surface area contributed by atoms with Gasteiger partial charge in [-0.2, -0.15) is 0 Å². The Morgan fingerprint density at radius 3 is 2.29 bits per heavy atom. The van der Waals surface area contributed by atoms with E-state index in [0.29, 0.717) is 43.3 Å². The number of para-hydroxylation sites is 1. The van der Waals surface area contributed by atoms with E-state index in [-0.39, 0.29) is 11.8 Å².